The minimum Gasteiger partial charge on any atom is -0.365 e. The summed E-state index contributed by atoms with van der Waals surface area (Å²) in [5.74, 6) is 2.45. The lowest BCUT2D eigenvalue weighted by atomic mass is 9.94. The summed E-state index contributed by atoms with van der Waals surface area (Å²) in [4.78, 5) is 14.0. The molecule has 0 atom stereocenters. The molecule has 4 rings (SSSR count). The predicted molar refractivity (Wildman–Crippen MR) is 88.8 cm³/mol. The highest BCUT2D eigenvalue weighted by Crippen LogP contribution is 2.29. The molecule has 23 heavy (non-hydrogen) atoms. The van der Waals surface area contributed by atoms with Crippen LogP contribution in [-0.4, -0.2) is 41.3 Å². The van der Waals surface area contributed by atoms with Crippen LogP contribution in [-0.2, 0) is 0 Å². The Hall–Kier alpha value is -2.11. The molecule has 2 aromatic rings. The standard InChI is InChI=1S/C17H23N5O/c1-2-9-22(10-3-1)17-18-8-4-16(19-17)21-11-5-14(6-12-21)15-7-13-23-20-15/h4,7-8,13-14H,1-3,5-6,9-12H2. The van der Waals surface area contributed by atoms with Crippen molar-refractivity contribution in [2.75, 3.05) is 36.0 Å². The van der Waals surface area contributed by atoms with Crippen LogP contribution in [0.3, 0.4) is 0 Å². The first-order chi connectivity index (χ1) is 11.4. The van der Waals surface area contributed by atoms with E-state index >= 15 is 0 Å². The van der Waals surface area contributed by atoms with Gasteiger partial charge in [-0.05, 0) is 38.2 Å². The van der Waals surface area contributed by atoms with E-state index in [2.05, 4.69) is 19.9 Å². The molecule has 2 saturated heterocycles. The highest BCUT2D eigenvalue weighted by Gasteiger charge is 2.24. The number of hydrogen-bond acceptors (Lipinski definition) is 6. The third-order valence-electron chi connectivity index (χ3n) is 4.96. The topological polar surface area (TPSA) is 58.3 Å². The molecule has 0 unspecified atom stereocenters. The van der Waals surface area contributed by atoms with Gasteiger partial charge in [0.15, 0.2) is 0 Å². The Balaban J connectivity index is 1.42. The molecule has 0 N–H and O–H groups in total. The van der Waals surface area contributed by atoms with E-state index in [0.717, 1.165) is 56.5 Å². The van der Waals surface area contributed by atoms with Crippen molar-refractivity contribution in [3.8, 4) is 0 Å². The molecule has 0 aromatic carbocycles. The lowest BCUT2D eigenvalue weighted by molar-refractivity contribution is 0.392. The van der Waals surface area contributed by atoms with Crippen LogP contribution in [0, 0.1) is 0 Å². The Morgan fingerprint density at radius 2 is 1.78 bits per heavy atom. The molecule has 0 saturated carbocycles. The number of anilines is 2. The Labute approximate surface area is 136 Å². The molecular formula is C17H23N5O. The quantitative estimate of drug-likeness (QED) is 0.868. The Morgan fingerprint density at radius 1 is 0.957 bits per heavy atom. The van der Waals surface area contributed by atoms with Crippen LogP contribution in [0.5, 0.6) is 0 Å². The van der Waals surface area contributed by atoms with Gasteiger partial charge in [0.25, 0.3) is 0 Å². The predicted octanol–water partition coefficient (Wildman–Crippen LogP) is 2.84. The monoisotopic (exact) mass is 313 g/mol. The van der Waals surface area contributed by atoms with Crippen molar-refractivity contribution in [2.24, 2.45) is 0 Å². The van der Waals surface area contributed by atoms with E-state index in [1.54, 1.807) is 6.26 Å². The van der Waals surface area contributed by atoms with E-state index in [-0.39, 0.29) is 0 Å². The van der Waals surface area contributed by atoms with E-state index < -0.39 is 0 Å². The summed E-state index contributed by atoms with van der Waals surface area (Å²) in [6.45, 7) is 4.18. The second-order valence-electron chi connectivity index (χ2n) is 6.45. The third-order valence-corrected chi connectivity index (χ3v) is 4.96. The van der Waals surface area contributed by atoms with Crippen LogP contribution in [0.15, 0.2) is 29.1 Å². The fourth-order valence-electron chi connectivity index (χ4n) is 3.60. The maximum Gasteiger partial charge on any atom is 0.227 e. The summed E-state index contributed by atoms with van der Waals surface area (Å²) in [6, 6.07) is 4.02. The van der Waals surface area contributed by atoms with Crippen molar-refractivity contribution in [3.63, 3.8) is 0 Å². The van der Waals surface area contributed by atoms with Crippen molar-refractivity contribution in [3.05, 3.63) is 30.3 Å². The fourth-order valence-corrected chi connectivity index (χ4v) is 3.60. The van der Waals surface area contributed by atoms with E-state index in [4.69, 9.17) is 9.51 Å². The van der Waals surface area contributed by atoms with Crippen LogP contribution in [0.25, 0.3) is 0 Å². The second-order valence-corrected chi connectivity index (χ2v) is 6.45. The lowest BCUT2D eigenvalue weighted by Crippen LogP contribution is -2.35. The molecule has 6 heteroatoms. The van der Waals surface area contributed by atoms with Crippen LogP contribution in [0.4, 0.5) is 11.8 Å². The molecule has 0 amide bonds. The molecule has 2 aromatic heterocycles. The van der Waals surface area contributed by atoms with Crippen molar-refractivity contribution in [2.45, 2.75) is 38.0 Å². The van der Waals surface area contributed by atoms with E-state index in [1.807, 2.05) is 18.3 Å². The normalized spacial score (nSPS) is 20.0. The molecule has 0 radical (unpaired) electrons. The molecule has 0 bridgehead atoms. The molecule has 6 nitrogen and oxygen atoms in total. The van der Waals surface area contributed by atoms with Gasteiger partial charge in [-0.1, -0.05) is 5.16 Å². The largest absolute Gasteiger partial charge is 0.365 e. The van der Waals surface area contributed by atoms with Crippen LogP contribution in [0.1, 0.15) is 43.7 Å². The lowest BCUT2D eigenvalue weighted by Gasteiger charge is -2.33. The summed E-state index contributed by atoms with van der Waals surface area (Å²) in [6.07, 6.45) is 9.57. The van der Waals surface area contributed by atoms with E-state index in [9.17, 15) is 0 Å². The highest BCUT2D eigenvalue weighted by atomic mass is 16.5. The molecular weight excluding hydrogens is 290 g/mol. The number of nitrogens with zero attached hydrogens (tertiary/aromatic N) is 5. The van der Waals surface area contributed by atoms with Crippen LogP contribution >= 0.6 is 0 Å². The van der Waals surface area contributed by atoms with Crippen molar-refractivity contribution < 1.29 is 4.52 Å². The fraction of sp³-hybridized carbons (Fsp3) is 0.588. The zero-order valence-corrected chi connectivity index (χ0v) is 13.4. The van der Waals surface area contributed by atoms with Crippen molar-refractivity contribution in [1.82, 2.24) is 15.1 Å². The molecule has 2 fully saturated rings. The van der Waals surface area contributed by atoms with Gasteiger partial charge in [-0.3, -0.25) is 0 Å². The van der Waals surface area contributed by atoms with Crippen molar-refractivity contribution in [1.29, 1.82) is 0 Å². The minimum absolute atomic E-state index is 0.508. The zero-order chi connectivity index (χ0) is 15.5. The summed E-state index contributed by atoms with van der Waals surface area (Å²) in [5.41, 5.74) is 1.08. The SMILES string of the molecule is c1cc(N2CCC(c3ccon3)CC2)nc(N2CCCCC2)n1. The molecule has 122 valence electrons. The molecule has 0 spiro atoms. The summed E-state index contributed by atoms with van der Waals surface area (Å²) in [5, 5.41) is 4.09. The first kappa shape index (κ1) is 14.5. The molecule has 4 heterocycles. The summed E-state index contributed by atoms with van der Waals surface area (Å²) in [7, 11) is 0. The van der Waals surface area contributed by atoms with Crippen LogP contribution in [0.2, 0.25) is 0 Å². The van der Waals surface area contributed by atoms with Gasteiger partial charge in [0.05, 0.1) is 5.69 Å². The second kappa shape index (κ2) is 6.56. The summed E-state index contributed by atoms with van der Waals surface area (Å²) >= 11 is 0. The number of rotatable bonds is 3. The average Bonchev–Trinajstić information content (AvgIpc) is 3.17. The van der Waals surface area contributed by atoms with Crippen molar-refractivity contribution >= 4 is 11.8 Å². The number of hydrogen-bond donors (Lipinski definition) is 0. The number of aromatic nitrogens is 3. The van der Waals surface area contributed by atoms with Gasteiger partial charge in [-0.25, -0.2) is 4.98 Å². The van der Waals surface area contributed by atoms with E-state index in [1.165, 1.54) is 19.3 Å². The third kappa shape index (κ3) is 3.16. The molecule has 2 aliphatic rings. The van der Waals surface area contributed by atoms with Gasteiger partial charge in [0, 0.05) is 44.4 Å². The minimum atomic E-state index is 0.508. The summed E-state index contributed by atoms with van der Waals surface area (Å²) < 4.78 is 4.97. The smallest absolute Gasteiger partial charge is 0.227 e. The van der Waals surface area contributed by atoms with Gasteiger partial charge >= 0.3 is 0 Å². The van der Waals surface area contributed by atoms with Gasteiger partial charge in [-0.2, -0.15) is 4.98 Å². The Bertz CT molecular complexity index is 616. The van der Waals surface area contributed by atoms with Crippen LogP contribution < -0.4 is 9.80 Å². The van der Waals surface area contributed by atoms with Gasteiger partial charge in [0.2, 0.25) is 5.95 Å². The zero-order valence-electron chi connectivity index (χ0n) is 13.4. The number of piperidine rings is 2. The van der Waals surface area contributed by atoms with Gasteiger partial charge in [0.1, 0.15) is 12.1 Å². The maximum atomic E-state index is 4.97. The average molecular weight is 313 g/mol. The Morgan fingerprint density at radius 3 is 2.52 bits per heavy atom. The van der Waals surface area contributed by atoms with Gasteiger partial charge < -0.3 is 14.3 Å². The molecule has 2 aliphatic heterocycles. The molecule has 0 aliphatic carbocycles. The van der Waals surface area contributed by atoms with E-state index in [0.29, 0.717) is 5.92 Å². The first-order valence-corrected chi connectivity index (χ1v) is 8.63. The highest BCUT2D eigenvalue weighted by molar-refractivity contribution is 5.44. The van der Waals surface area contributed by atoms with Gasteiger partial charge in [-0.15, -0.1) is 0 Å². The maximum absolute atomic E-state index is 4.97. The Kier molecular flexibility index (Phi) is 4.13. The first-order valence-electron chi connectivity index (χ1n) is 8.63.